The van der Waals surface area contributed by atoms with E-state index in [-0.39, 0.29) is 17.1 Å². The number of thiol groups is 1. The van der Waals surface area contributed by atoms with Crippen LogP contribution in [-0.4, -0.2) is 72.1 Å². The van der Waals surface area contributed by atoms with E-state index in [4.69, 9.17) is 26.8 Å². The van der Waals surface area contributed by atoms with E-state index < -0.39 is 0 Å². The monoisotopic (exact) mass is 412 g/mol. The first-order valence-corrected chi connectivity index (χ1v) is 8.20. The summed E-state index contributed by atoms with van der Waals surface area (Å²) in [5.41, 5.74) is 0. The van der Waals surface area contributed by atoms with Crippen LogP contribution in [0.3, 0.4) is 0 Å². The molecule has 2 aliphatic rings. The molecule has 6 nitrogen and oxygen atoms in total. The van der Waals surface area contributed by atoms with Gasteiger partial charge in [-0.1, -0.05) is 0 Å². The zero-order chi connectivity index (χ0) is 16.9. The van der Waals surface area contributed by atoms with Crippen LogP contribution in [0, 0.1) is 6.65 Å². The second-order valence-corrected chi connectivity index (χ2v) is 5.78. The van der Waals surface area contributed by atoms with Crippen molar-refractivity contribution < 1.29 is 31.2 Å². The summed E-state index contributed by atoms with van der Waals surface area (Å²) >= 11 is 9.51. The predicted molar refractivity (Wildman–Crippen MR) is 93.7 cm³/mol. The number of hydrogen-bond donors (Lipinski definition) is 0. The van der Waals surface area contributed by atoms with Gasteiger partial charge in [-0.05, 0) is 0 Å². The molecule has 0 unspecified atom stereocenters. The molecule has 0 N–H and O–H groups in total. The molecule has 2 fully saturated rings. The molecule has 0 bridgehead atoms. The summed E-state index contributed by atoms with van der Waals surface area (Å²) in [6, 6.07) is 10.0. The Balaban J connectivity index is 0.000000560. The molecule has 0 aromatic heterocycles. The third kappa shape index (κ3) is 8.80. The van der Waals surface area contributed by atoms with Crippen LogP contribution in [0.2, 0.25) is 0 Å². The molecule has 9 heteroatoms. The van der Waals surface area contributed by atoms with Crippen molar-refractivity contribution in [3.63, 3.8) is 0 Å². The molecule has 0 amide bonds. The van der Waals surface area contributed by atoms with Crippen molar-refractivity contribution in [1.82, 2.24) is 15.1 Å². The first-order valence-electron chi connectivity index (χ1n) is 7.34. The van der Waals surface area contributed by atoms with Gasteiger partial charge in [0.2, 0.25) is 0 Å². The molecule has 1 aromatic rings. The summed E-state index contributed by atoms with van der Waals surface area (Å²) in [6.45, 7) is 10.9. The Hall–Kier alpha value is -0.151. The summed E-state index contributed by atoms with van der Waals surface area (Å²) in [5, 5.41) is 6.36. The summed E-state index contributed by atoms with van der Waals surface area (Å²) in [4.78, 5) is 0. The number of nitrogens with zero attached hydrogens (tertiary/aromatic N) is 3. The van der Waals surface area contributed by atoms with Gasteiger partial charge >= 0.3 is 11.3 Å². The molecule has 0 spiro atoms. The molecule has 0 saturated carbocycles. The number of hydrazine groups is 2. The van der Waals surface area contributed by atoms with Gasteiger partial charge in [0.1, 0.15) is 16.5 Å². The largest absolute Gasteiger partial charge is 0.677 e. The number of rotatable bonds is 2. The predicted octanol–water partition coefficient (Wildman–Crippen LogP) is 0.0618. The van der Waals surface area contributed by atoms with E-state index in [1.807, 2.05) is 35.4 Å². The molecule has 0 atom stereocenters. The van der Waals surface area contributed by atoms with Crippen molar-refractivity contribution in [2.75, 3.05) is 52.6 Å². The van der Waals surface area contributed by atoms with Crippen LogP contribution in [0.5, 0.6) is 0 Å². The van der Waals surface area contributed by atoms with Crippen LogP contribution in [0.4, 0.5) is 0 Å². The maximum atomic E-state index is 7.50. The average molecular weight is 412 g/mol. The minimum atomic E-state index is 0. The SMILES string of the molecule is [C-]#[O+].[Fe].[S-]C(=[SH+])N(N1CCOCC1)N1CCOCC1.c1cc[cH-]c1. The fourth-order valence-corrected chi connectivity index (χ4v) is 2.71. The second kappa shape index (κ2) is 15.1. The third-order valence-electron chi connectivity index (χ3n) is 3.24. The standard InChI is InChI=1S/C9H17N3O2S2.C5H5.CO.Fe/c15-9(16)12(10-1-5-13-6-2-10)11-3-7-14-8-4-11;1-2-4-5-3-1;1-2;/h1-8H2,(H,15,16);1-5H;;/q;-1;;. The maximum Gasteiger partial charge on any atom is 0.148 e. The summed E-state index contributed by atoms with van der Waals surface area (Å²) in [6.07, 6.45) is 0. The molecular formula is C15H22FeN3O3S2-. The van der Waals surface area contributed by atoms with E-state index in [1.165, 1.54) is 0 Å². The van der Waals surface area contributed by atoms with E-state index in [0.29, 0.717) is 4.32 Å². The van der Waals surface area contributed by atoms with Crippen LogP contribution in [-0.2, 0) is 56.0 Å². The minimum Gasteiger partial charge on any atom is -0.677 e. The Labute approximate surface area is 165 Å². The summed E-state index contributed by atoms with van der Waals surface area (Å²) < 4.78 is 18.8. The van der Waals surface area contributed by atoms with Gasteiger partial charge in [0, 0.05) is 43.2 Å². The minimum absolute atomic E-state index is 0. The van der Waals surface area contributed by atoms with Crippen LogP contribution in [0.25, 0.3) is 0 Å². The van der Waals surface area contributed by atoms with Gasteiger partial charge in [0.05, 0.1) is 26.4 Å². The first-order chi connectivity index (χ1) is 11.3. The van der Waals surface area contributed by atoms with Crippen LogP contribution in [0.1, 0.15) is 0 Å². The molecule has 0 aliphatic carbocycles. The number of ether oxygens (including phenoxy) is 2. The maximum absolute atomic E-state index is 7.50. The van der Waals surface area contributed by atoms with E-state index in [0.717, 1.165) is 52.6 Å². The van der Waals surface area contributed by atoms with E-state index in [9.17, 15) is 0 Å². The van der Waals surface area contributed by atoms with Crippen molar-refractivity contribution in [2.45, 2.75) is 0 Å². The smallest absolute Gasteiger partial charge is 0.148 e. The molecule has 24 heavy (non-hydrogen) atoms. The normalized spacial score (nSPS) is 18.3. The van der Waals surface area contributed by atoms with Crippen molar-refractivity contribution in [1.29, 1.82) is 0 Å². The van der Waals surface area contributed by atoms with E-state index >= 15 is 0 Å². The van der Waals surface area contributed by atoms with Crippen LogP contribution < -0.4 is 0 Å². The quantitative estimate of drug-likeness (QED) is 0.171. The molecule has 2 saturated heterocycles. The Bertz CT molecular complexity index is 401. The van der Waals surface area contributed by atoms with Gasteiger partial charge in [0.25, 0.3) is 0 Å². The van der Waals surface area contributed by atoms with Crippen LogP contribution >= 0.6 is 0 Å². The van der Waals surface area contributed by atoms with Crippen molar-refractivity contribution in [3.05, 3.63) is 37.0 Å². The van der Waals surface area contributed by atoms with Crippen molar-refractivity contribution >= 4 is 29.2 Å². The zero-order valence-corrected chi connectivity index (χ0v) is 16.1. The molecular weight excluding hydrogens is 390 g/mol. The molecule has 136 valence electrons. The van der Waals surface area contributed by atoms with Gasteiger partial charge in [-0.15, -0.1) is 5.12 Å². The van der Waals surface area contributed by atoms with Crippen molar-refractivity contribution in [3.8, 4) is 0 Å². The molecule has 2 aliphatic heterocycles. The van der Waals surface area contributed by atoms with Gasteiger partial charge in [0.15, 0.2) is 0 Å². The van der Waals surface area contributed by atoms with E-state index in [2.05, 4.69) is 28.9 Å². The Kier molecular flexibility index (Phi) is 15.0. The topological polar surface area (TPSA) is 48.1 Å². The molecule has 2 heterocycles. The zero-order valence-electron chi connectivity index (χ0n) is 13.3. The first kappa shape index (κ1) is 23.8. The van der Waals surface area contributed by atoms with Gasteiger partial charge in [-0.2, -0.15) is 18.2 Å². The second-order valence-electron chi connectivity index (χ2n) is 4.67. The summed E-state index contributed by atoms with van der Waals surface area (Å²) in [5.74, 6) is 0. The van der Waals surface area contributed by atoms with Gasteiger partial charge < -0.3 is 22.1 Å². The van der Waals surface area contributed by atoms with Gasteiger partial charge in [-0.25, -0.2) is 22.2 Å². The summed E-state index contributed by atoms with van der Waals surface area (Å²) in [7, 11) is 0. The average Bonchev–Trinajstić information content (AvgIpc) is 3.18. The number of hydrogen-bond acceptors (Lipinski definition) is 5. The molecule has 0 radical (unpaired) electrons. The Morgan fingerprint density at radius 1 is 1.00 bits per heavy atom. The molecule has 1 aromatic carbocycles. The Morgan fingerprint density at radius 2 is 1.38 bits per heavy atom. The fourth-order valence-electron chi connectivity index (χ4n) is 2.23. The fraction of sp³-hybridized carbons (Fsp3) is 0.533. The van der Waals surface area contributed by atoms with Crippen LogP contribution in [0.15, 0.2) is 30.3 Å². The van der Waals surface area contributed by atoms with E-state index in [1.54, 1.807) is 0 Å². The van der Waals surface area contributed by atoms with Gasteiger partial charge in [-0.3, -0.25) is 0 Å². The van der Waals surface area contributed by atoms with Crippen molar-refractivity contribution in [2.24, 2.45) is 0 Å². The third-order valence-corrected chi connectivity index (χ3v) is 3.58. The number of morpholine rings is 2. The molecule has 3 rings (SSSR count). The Morgan fingerprint density at radius 3 is 1.62 bits per heavy atom.